The van der Waals surface area contributed by atoms with E-state index in [-0.39, 0.29) is 18.4 Å². The van der Waals surface area contributed by atoms with E-state index in [4.69, 9.17) is 10.4 Å². The van der Waals surface area contributed by atoms with Gasteiger partial charge in [0.15, 0.2) is 0 Å². The van der Waals surface area contributed by atoms with Gasteiger partial charge in [0.25, 0.3) is 5.91 Å². The minimum Gasteiger partial charge on any atom is -0.465 e. The van der Waals surface area contributed by atoms with Crippen molar-refractivity contribution in [3.63, 3.8) is 0 Å². The van der Waals surface area contributed by atoms with Crippen LogP contribution < -0.4 is 10.6 Å². The van der Waals surface area contributed by atoms with Crippen LogP contribution in [0.1, 0.15) is 22.8 Å². The molecule has 0 aliphatic carbocycles. The molecule has 0 saturated heterocycles. The Labute approximate surface area is 111 Å². The zero-order valence-electron chi connectivity index (χ0n) is 10.5. The molecule has 0 saturated carbocycles. The van der Waals surface area contributed by atoms with E-state index in [9.17, 15) is 9.59 Å². The predicted octanol–water partition coefficient (Wildman–Crippen LogP) is 1.19. The van der Waals surface area contributed by atoms with Crippen molar-refractivity contribution in [2.45, 2.75) is 6.92 Å². The van der Waals surface area contributed by atoms with E-state index in [2.05, 4.69) is 10.6 Å². The van der Waals surface area contributed by atoms with Crippen LogP contribution in [0.5, 0.6) is 0 Å². The number of hydrogen-bond donors (Lipinski definition) is 3. The van der Waals surface area contributed by atoms with Gasteiger partial charge in [0.1, 0.15) is 0 Å². The van der Waals surface area contributed by atoms with Crippen LogP contribution in [-0.4, -0.2) is 30.2 Å². The van der Waals surface area contributed by atoms with E-state index in [0.717, 1.165) is 0 Å². The van der Waals surface area contributed by atoms with E-state index >= 15 is 0 Å². The lowest BCUT2D eigenvalue weighted by Gasteiger charge is -2.12. The Morgan fingerprint density at radius 3 is 2.37 bits per heavy atom. The van der Waals surface area contributed by atoms with Gasteiger partial charge in [-0.05, 0) is 30.2 Å². The summed E-state index contributed by atoms with van der Waals surface area (Å²) >= 11 is 0. The Morgan fingerprint density at radius 1 is 1.26 bits per heavy atom. The second-order valence-electron chi connectivity index (χ2n) is 4.19. The van der Waals surface area contributed by atoms with Crippen molar-refractivity contribution in [2.75, 3.05) is 13.1 Å². The molecule has 100 valence electrons. The quantitative estimate of drug-likeness (QED) is 0.740. The third kappa shape index (κ3) is 5.08. The summed E-state index contributed by atoms with van der Waals surface area (Å²) < 4.78 is 0. The summed E-state index contributed by atoms with van der Waals surface area (Å²) in [5.41, 5.74) is 0.966. The highest BCUT2D eigenvalue weighted by Crippen LogP contribution is 2.03. The predicted molar refractivity (Wildman–Crippen MR) is 68.7 cm³/mol. The van der Waals surface area contributed by atoms with Crippen molar-refractivity contribution in [1.29, 1.82) is 5.26 Å². The van der Waals surface area contributed by atoms with E-state index < -0.39 is 6.09 Å². The molecule has 0 fully saturated rings. The minimum atomic E-state index is -1.08. The summed E-state index contributed by atoms with van der Waals surface area (Å²) in [5.74, 6) is -0.245. The molecule has 0 spiro atoms. The van der Waals surface area contributed by atoms with Gasteiger partial charge in [-0.2, -0.15) is 5.26 Å². The van der Waals surface area contributed by atoms with Crippen LogP contribution in [0.4, 0.5) is 4.79 Å². The zero-order valence-corrected chi connectivity index (χ0v) is 10.5. The van der Waals surface area contributed by atoms with Crippen molar-refractivity contribution < 1.29 is 14.7 Å². The number of rotatable bonds is 5. The summed E-state index contributed by atoms with van der Waals surface area (Å²) in [6.07, 6.45) is -1.08. The zero-order chi connectivity index (χ0) is 14.3. The van der Waals surface area contributed by atoms with E-state index in [0.29, 0.717) is 17.7 Å². The molecule has 19 heavy (non-hydrogen) atoms. The molecule has 0 aliphatic heterocycles. The minimum absolute atomic E-state index is 0.00145. The highest BCUT2D eigenvalue weighted by atomic mass is 16.4. The number of nitriles is 1. The molecular weight excluding hydrogens is 246 g/mol. The van der Waals surface area contributed by atoms with Gasteiger partial charge >= 0.3 is 6.09 Å². The Morgan fingerprint density at radius 2 is 1.84 bits per heavy atom. The third-order valence-electron chi connectivity index (χ3n) is 2.49. The van der Waals surface area contributed by atoms with E-state index in [1.807, 2.05) is 13.0 Å². The first-order valence-corrected chi connectivity index (χ1v) is 5.78. The van der Waals surface area contributed by atoms with Gasteiger partial charge in [-0.1, -0.05) is 6.92 Å². The third-order valence-corrected chi connectivity index (χ3v) is 2.49. The van der Waals surface area contributed by atoms with Gasteiger partial charge in [0, 0.05) is 18.7 Å². The van der Waals surface area contributed by atoms with Crippen LogP contribution in [0.25, 0.3) is 0 Å². The first-order chi connectivity index (χ1) is 9.02. The van der Waals surface area contributed by atoms with Crippen LogP contribution in [0.2, 0.25) is 0 Å². The smallest absolute Gasteiger partial charge is 0.404 e. The number of hydrogen-bond acceptors (Lipinski definition) is 3. The average Bonchev–Trinajstić information content (AvgIpc) is 2.42. The molecular formula is C13H15N3O3. The largest absolute Gasteiger partial charge is 0.465 e. The molecule has 6 nitrogen and oxygen atoms in total. The van der Waals surface area contributed by atoms with Crippen molar-refractivity contribution in [3.05, 3.63) is 35.4 Å². The first-order valence-electron chi connectivity index (χ1n) is 5.78. The molecule has 1 rings (SSSR count). The maximum absolute atomic E-state index is 11.8. The van der Waals surface area contributed by atoms with Gasteiger partial charge in [-0.15, -0.1) is 0 Å². The summed E-state index contributed by atoms with van der Waals surface area (Å²) in [6, 6.07) is 8.28. The second-order valence-corrected chi connectivity index (χ2v) is 4.19. The Hall–Kier alpha value is -2.55. The molecule has 0 aromatic heterocycles. The standard InChI is InChI=1S/C13H15N3O3/c1-9(8-16-13(18)19)7-15-12(17)11-4-2-10(6-14)3-5-11/h2-5,9,16H,7-8H2,1H3,(H,15,17)(H,18,19). The molecule has 0 bridgehead atoms. The first kappa shape index (κ1) is 14.5. The summed E-state index contributed by atoms with van der Waals surface area (Å²) in [6.45, 7) is 2.48. The monoisotopic (exact) mass is 261 g/mol. The van der Waals surface area contributed by atoms with E-state index in [1.165, 1.54) is 0 Å². The molecule has 1 unspecified atom stereocenters. The normalized spacial score (nSPS) is 11.2. The molecule has 1 atom stereocenters. The highest BCUT2D eigenvalue weighted by molar-refractivity contribution is 5.94. The maximum Gasteiger partial charge on any atom is 0.404 e. The highest BCUT2D eigenvalue weighted by Gasteiger charge is 2.08. The Balaban J connectivity index is 2.42. The van der Waals surface area contributed by atoms with Gasteiger partial charge < -0.3 is 15.7 Å². The van der Waals surface area contributed by atoms with E-state index in [1.54, 1.807) is 24.3 Å². The van der Waals surface area contributed by atoms with Crippen molar-refractivity contribution in [3.8, 4) is 6.07 Å². The number of amides is 2. The van der Waals surface area contributed by atoms with Crippen LogP contribution in [0, 0.1) is 17.2 Å². The Kier molecular flexibility index (Phi) is 5.35. The summed E-state index contributed by atoms with van der Waals surface area (Å²) in [4.78, 5) is 22.1. The lowest BCUT2D eigenvalue weighted by Crippen LogP contribution is -2.34. The Bertz CT molecular complexity index is 491. The molecule has 3 N–H and O–H groups in total. The molecule has 1 aromatic rings. The van der Waals surface area contributed by atoms with Crippen molar-refractivity contribution >= 4 is 12.0 Å². The van der Waals surface area contributed by atoms with Crippen LogP contribution >= 0.6 is 0 Å². The van der Waals surface area contributed by atoms with Crippen LogP contribution in [-0.2, 0) is 0 Å². The summed E-state index contributed by atoms with van der Waals surface area (Å²) in [7, 11) is 0. The fourth-order valence-corrected chi connectivity index (χ4v) is 1.40. The lowest BCUT2D eigenvalue weighted by molar-refractivity contribution is 0.0948. The van der Waals surface area contributed by atoms with Crippen molar-refractivity contribution in [1.82, 2.24) is 10.6 Å². The average molecular weight is 261 g/mol. The molecule has 2 amide bonds. The topological polar surface area (TPSA) is 102 Å². The number of carbonyl (C=O) groups excluding carboxylic acids is 1. The van der Waals surface area contributed by atoms with Gasteiger partial charge in [0.2, 0.25) is 0 Å². The molecule has 6 heteroatoms. The van der Waals surface area contributed by atoms with Gasteiger partial charge in [-0.25, -0.2) is 4.79 Å². The number of carbonyl (C=O) groups is 2. The molecule has 1 aromatic carbocycles. The maximum atomic E-state index is 11.8. The number of benzene rings is 1. The van der Waals surface area contributed by atoms with Gasteiger partial charge in [0.05, 0.1) is 11.6 Å². The van der Waals surface area contributed by atoms with Crippen LogP contribution in [0.3, 0.4) is 0 Å². The second kappa shape index (κ2) is 7.01. The molecule has 0 aliphatic rings. The fraction of sp³-hybridized carbons (Fsp3) is 0.308. The van der Waals surface area contributed by atoms with Crippen molar-refractivity contribution in [2.24, 2.45) is 5.92 Å². The fourth-order valence-electron chi connectivity index (χ4n) is 1.40. The number of carboxylic acid groups (broad SMARTS) is 1. The summed E-state index contributed by atoms with van der Waals surface area (Å²) in [5, 5.41) is 22.0. The number of nitrogens with zero attached hydrogens (tertiary/aromatic N) is 1. The van der Waals surface area contributed by atoms with Gasteiger partial charge in [-0.3, -0.25) is 4.79 Å². The lowest BCUT2D eigenvalue weighted by atomic mass is 10.1. The SMILES string of the molecule is CC(CNC(=O)O)CNC(=O)c1ccc(C#N)cc1. The number of nitrogens with one attached hydrogen (secondary N) is 2. The molecule has 0 radical (unpaired) electrons. The molecule has 0 heterocycles. The van der Waals surface area contributed by atoms with Crippen LogP contribution in [0.15, 0.2) is 24.3 Å².